The van der Waals surface area contributed by atoms with E-state index in [9.17, 15) is 9.59 Å². The first kappa shape index (κ1) is 14.1. The van der Waals surface area contributed by atoms with E-state index in [0.717, 1.165) is 32.5 Å². The van der Waals surface area contributed by atoms with Gasteiger partial charge in [-0.3, -0.25) is 15.0 Å². The number of likely N-dealkylation sites (tertiary alicyclic amines) is 1. The molecule has 21 heavy (non-hydrogen) atoms. The lowest BCUT2D eigenvalue weighted by Gasteiger charge is -2.38. The van der Waals surface area contributed by atoms with Crippen LogP contribution in [0.15, 0.2) is 30.3 Å². The molecule has 5 heteroatoms. The van der Waals surface area contributed by atoms with Crippen LogP contribution in [0.4, 0.5) is 4.79 Å². The van der Waals surface area contributed by atoms with E-state index in [1.165, 1.54) is 5.56 Å². The minimum absolute atomic E-state index is 0.186. The molecule has 3 rings (SSSR count). The summed E-state index contributed by atoms with van der Waals surface area (Å²) in [7, 11) is 0. The van der Waals surface area contributed by atoms with Crippen LogP contribution in [0.2, 0.25) is 0 Å². The van der Waals surface area contributed by atoms with E-state index in [-0.39, 0.29) is 17.9 Å². The van der Waals surface area contributed by atoms with Crippen LogP contribution in [0.1, 0.15) is 25.3 Å². The lowest BCUT2D eigenvalue weighted by atomic mass is 9.79. The van der Waals surface area contributed by atoms with Gasteiger partial charge in [-0.05, 0) is 44.3 Å². The maximum absolute atomic E-state index is 12.0. The molecule has 2 N–H and O–H groups in total. The van der Waals surface area contributed by atoms with Gasteiger partial charge in [0.25, 0.3) is 5.91 Å². The number of benzene rings is 1. The van der Waals surface area contributed by atoms with Crippen molar-refractivity contribution in [2.75, 3.05) is 13.1 Å². The molecule has 3 amide bonds. The molecule has 2 heterocycles. The first-order valence-corrected chi connectivity index (χ1v) is 7.48. The van der Waals surface area contributed by atoms with Crippen molar-refractivity contribution in [1.82, 2.24) is 15.5 Å². The summed E-state index contributed by atoms with van der Waals surface area (Å²) in [6.07, 6.45) is 1.86. The standard InChI is InChI=1S/C16H21N3O2/c1-16(14(20)17-15(21)18-16)13-7-9-19(10-8-13)11-12-5-3-2-4-6-12/h2-6,13H,7-11H2,1H3,(H2,17,18,20,21). The highest BCUT2D eigenvalue weighted by Crippen LogP contribution is 2.31. The van der Waals surface area contributed by atoms with Crippen molar-refractivity contribution < 1.29 is 9.59 Å². The zero-order valence-corrected chi connectivity index (χ0v) is 12.3. The lowest BCUT2D eigenvalue weighted by molar-refractivity contribution is -0.125. The van der Waals surface area contributed by atoms with Gasteiger partial charge in [0.1, 0.15) is 5.54 Å². The van der Waals surface area contributed by atoms with E-state index >= 15 is 0 Å². The van der Waals surface area contributed by atoms with Crippen LogP contribution < -0.4 is 10.6 Å². The Morgan fingerprint density at radius 2 is 1.86 bits per heavy atom. The third-order valence-corrected chi connectivity index (χ3v) is 4.73. The van der Waals surface area contributed by atoms with E-state index in [1.54, 1.807) is 0 Å². The van der Waals surface area contributed by atoms with Crippen LogP contribution in [0.25, 0.3) is 0 Å². The molecule has 1 aromatic rings. The van der Waals surface area contributed by atoms with Crippen LogP contribution in [-0.2, 0) is 11.3 Å². The molecule has 1 unspecified atom stereocenters. The zero-order chi connectivity index (χ0) is 14.9. The molecule has 0 saturated carbocycles. The second-order valence-electron chi connectivity index (χ2n) is 6.15. The van der Waals surface area contributed by atoms with Gasteiger partial charge in [0.2, 0.25) is 0 Å². The number of carbonyl (C=O) groups excluding carboxylic acids is 2. The van der Waals surface area contributed by atoms with Gasteiger partial charge in [-0.15, -0.1) is 0 Å². The van der Waals surface area contributed by atoms with Gasteiger partial charge in [-0.2, -0.15) is 0 Å². The third kappa shape index (κ3) is 2.78. The third-order valence-electron chi connectivity index (χ3n) is 4.73. The van der Waals surface area contributed by atoms with Gasteiger partial charge < -0.3 is 5.32 Å². The van der Waals surface area contributed by atoms with E-state index in [1.807, 2.05) is 13.0 Å². The summed E-state index contributed by atoms with van der Waals surface area (Å²) < 4.78 is 0. The summed E-state index contributed by atoms with van der Waals surface area (Å²) in [5, 5.41) is 5.15. The van der Waals surface area contributed by atoms with Crippen molar-refractivity contribution in [3.8, 4) is 0 Å². The number of piperidine rings is 1. The number of nitrogens with one attached hydrogen (secondary N) is 2. The molecule has 2 aliphatic heterocycles. The first-order chi connectivity index (χ1) is 10.1. The van der Waals surface area contributed by atoms with E-state index in [2.05, 4.69) is 39.8 Å². The average molecular weight is 287 g/mol. The molecule has 1 atom stereocenters. The van der Waals surface area contributed by atoms with Gasteiger partial charge >= 0.3 is 6.03 Å². The Labute approximate surface area is 124 Å². The van der Waals surface area contributed by atoms with Crippen LogP contribution in [-0.4, -0.2) is 35.5 Å². The fourth-order valence-electron chi connectivity index (χ4n) is 3.35. The molecule has 0 bridgehead atoms. The van der Waals surface area contributed by atoms with Crippen molar-refractivity contribution in [3.05, 3.63) is 35.9 Å². The Hall–Kier alpha value is -1.88. The smallest absolute Gasteiger partial charge is 0.322 e. The van der Waals surface area contributed by atoms with Gasteiger partial charge in [0.05, 0.1) is 0 Å². The van der Waals surface area contributed by atoms with Crippen LogP contribution in [0, 0.1) is 5.92 Å². The number of carbonyl (C=O) groups is 2. The van der Waals surface area contributed by atoms with Crippen LogP contribution in [0.3, 0.4) is 0 Å². The summed E-state index contributed by atoms with van der Waals surface area (Å²) in [6.45, 7) is 4.70. The molecular weight excluding hydrogens is 266 g/mol. The molecule has 2 fully saturated rings. The molecule has 5 nitrogen and oxygen atoms in total. The highest BCUT2D eigenvalue weighted by atomic mass is 16.2. The number of imide groups is 1. The number of hydrogen-bond acceptors (Lipinski definition) is 3. The fourth-order valence-corrected chi connectivity index (χ4v) is 3.35. The molecule has 0 aromatic heterocycles. The van der Waals surface area contributed by atoms with Crippen molar-refractivity contribution >= 4 is 11.9 Å². The Bertz CT molecular complexity index is 538. The molecular formula is C16H21N3O2. The van der Waals surface area contributed by atoms with E-state index < -0.39 is 5.54 Å². The Balaban J connectivity index is 1.58. The summed E-state index contributed by atoms with van der Waals surface area (Å²) >= 11 is 0. The summed E-state index contributed by atoms with van der Waals surface area (Å²) in [4.78, 5) is 25.7. The van der Waals surface area contributed by atoms with Gasteiger partial charge in [0.15, 0.2) is 0 Å². The highest BCUT2D eigenvalue weighted by molar-refractivity contribution is 6.06. The topological polar surface area (TPSA) is 61.4 Å². The number of rotatable bonds is 3. The SMILES string of the molecule is CC1(C2CCN(Cc3ccccc3)CC2)NC(=O)NC1=O. The van der Waals surface area contributed by atoms with E-state index in [4.69, 9.17) is 0 Å². The van der Waals surface area contributed by atoms with Crippen molar-refractivity contribution in [2.45, 2.75) is 31.8 Å². The normalized spacial score (nSPS) is 27.5. The monoisotopic (exact) mass is 287 g/mol. The number of nitrogens with zero attached hydrogens (tertiary/aromatic N) is 1. The predicted octanol–water partition coefficient (Wildman–Crippen LogP) is 1.50. The number of urea groups is 1. The van der Waals surface area contributed by atoms with Gasteiger partial charge in [0, 0.05) is 6.54 Å². The van der Waals surface area contributed by atoms with Crippen molar-refractivity contribution in [3.63, 3.8) is 0 Å². The fraction of sp³-hybridized carbons (Fsp3) is 0.500. The molecule has 2 saturated heterocycles. The predicted molar refractivity (Wildman–Crippen MR) is 79.5 cm³/mol. The maximum Gasteiger partial charge on any atom is 0.322 e. The second-order valence-corrected chi connectivity index (χ2v) is 6.15. The van der Waals surface area contributed by atoms with Gasteiger partial charge in [-0.1, -0.05) is 30.3 Å². The molecule has 2 aliphatic rings. The molecule has 0 spiro atoms. The summed E-state index contributed by atoms with van der Waals surface area (Å²) in [5.74, 6) is 0.0185. The minimum atomic E-state index is -0.740. The lowest BCUT2D eigenvalue weighted by Crippen LogP contribution is -2.53. The Morgan fingerprint density at radius 3 is 2.43 bits per heavy atom. The average Bonchev–Trinajstić information content (AvgIpc) is 2.74. The summed E-state index contributed by atoms with van der Waals surface area (Å²) in [5.41, 5.74) is 0.574. The first-order valence-electron chi connectivity index (χ1n) is 7.48. The minimum Gasteiger partial charge on any atom is -0.323 e. The zero-order valence-electron chi connectivity index (χ0n) is 12.3. The van der Waals surface area contributed by atoms with Crippen LogP contribution in [0.5, 0.6) is 0 Å². The van der Waals surface area contributed by atoms with Crippen molar-refractivity contribution in [2.24, 2.45) is 5.92 Å². The number of hydrogen-bond donors (Lipinski definition) is 2. The molecule has 0 radical (unpaired) electrons. The molecule has 112 valence electrons. The maximum atomic E-state index is 12.0. The van der Waals surface area contributed by atoms with Gasteiger partial charge in [-0.25, -0.2) is 4.79 Å². The van der Waals surface area contributed by atoms with E-state index in [0.29, 0.717) is 0 Å². The van der Waals surface area contributed by atoms with Crippen LogP contribution >= 0.6 is 0 Å². The Morgan fingerprint density at radius 1 is 1.19 bits per heavy atom. The molecule has 1 aromatic carbocycles. The number of amides is 3. The van der Waals surface area contributed by atoms with Crippen molar-refractivity contribution in [1.29, 1.82) is 0 Å². The second kappa shape index (κ2) is 5.48. The largest absolute Gasteiger partial charge is 0.323 e. The highest BCUT2D eigenvalue weighted by Gasteiger charge is 2.48. The Kier molecular flexibility index (Phi) is 3.68. The molecule has 0 aliphatic carbocycles. The summed E-state index contributed by atoms with van der Waals surface area (Å²) in [6, 6.07) is 10.0. The quantitative estimate of drug-likeness (QED) is 0.828.